The summed E-state index contributed by atoms with van der Waals surface area (Å²) in [5.41, 5.74) is 11.8. The highest BCUT2D eigenvalue weighted by atomic mass is 79.9. The fraction of sp³-hybridized carbons (Fsp3) is 0.300. The zero-order valence-corrected chi connectivity index (χ0v) is 15.7. The van der Waals surface area contributed by atoms with Crippen molar-refractivity contribution in [2.24, 2.45) is 5.73 Å². The molecule has 4 heteroatoms. The molecule has 0 saturated heterocycles. The average Bonchev–Trinajstić information content (AvgIpc) is 2.94. The molecular formula is C20H23BrN2O. The van der Waals surface area contributed by atoms with Gasteiger partial charge in [-0.25, -0.2) is 0 Å². The van der Waals surface area contributed by atoms with Crippen LogP contribution in [0.2, 0.25) is 0 Å². The predicted octanol–water partition coefficient (Wildman–Crippen LogP) is 5.20. The Balaban J connectivity index is 2.21. The number of nitrogens with two attached hydrogens (primary N) is 1. The Labute approximate surface area is 151 Å². The highest BCUT2D eigenvalue weighted by Gasteiger charge is 2.17. The number of fused-ring (bicyclic) bond motifs is 1. The number of ether oxygens (including phenoxy) is 1. The smallest absolute Gasteiger partial charge is 0.119 e. The summed E-state index contributed by atoms with van der Waals surface area (Å²) in [6.45, 7) is 2.85. The molecule has 0 aliphatic heterocycles. The van der Waals surface area contributed by atoms with Gasteiger partial charge in [0.25, 0.3) is 0 Å². The number of aromatic amines is 1. The molecule has 0 fully saturated rings. The number of methoxy groups -OCH3 is 1. The largest absolute Gasteiger partial charge is 0.497 e. The quantitative estimate of drug-likeness (QED) is 0.572. The lowest BCUT2D eigenvalue weighted by Gasteiger charge is -2.07. The van der Waals surface area contributed by atoms with E-state index >= 15 is 0 Å². The summed E-state index contributed by atoms with van der Waals surface area (Å²) < 4.78 is 6.58. The Morgan fingerprint density at radius 3 is 2.67 bits per heavy atom. The molecule has 0 radical (unpaired) electrons. The average molecular weight is 387 g/mol. The molecule has 126 valence electrons. The first-order valence-electron chi connectivity index (χ1n) is 8.30. The van der Waals surface area contributed by atoms with Gasteiger partial charge in [-0.1, -0.05) is 34.1 Å². The summed E-state index contributed by atoms with van der Waals surface area (Å²) in [4.78, 5) is 3.65. The van der Waals surface area contributed by atoms with E-state index in [4.69, 9.17) is 10.5 Å². The minimum Gasteiger partial charge on any atom is -0.497 e. The van der Waals surface area contributed by atoms with Gasteiger partial charge in [-0.15, -0.1) is 0 Å². The molecule has 0 bridgehead atoms. The Hall–Kier alpha value is -1.78. The van der Waals surface area contributed by atoms with Gasteiger partial charge in [-0.05, 0) is 62.1 Å². The van der Waals surface area contributed by atoms with Crippen LogP contribution in [0.1, 0.15) is 24.0 Å². The molecule has 3 nitrogen and oxygen atoms in total. The Kier molecular flexibility index (Phi) is 5.27. The van der Waals surface area contributed by atoms with E-state index in [1.54, 1.807) is 7.11 Å². The Morgan fingerprint density at radius 2 is 1.96 bits per heavy atom. The Morgan fingerprint density at radius 1 is 1.17 bits per heavy atom. The van der Waals surface area contributed by atoms with E-state index in [0.717, 1.165) is 36.0 Å². The van der Waals surface area contributed by atoms with Gasteiger partial charge in [-0.2, -0.15) is 0 Å². The van der Waals surface area contributed by atoms with Crippen molar-refractivity contribution in [2.75, 3.05) is 13.7 Å². The second kappa shape index (κ2) is 7.41. The van der Waals surface area contributed by atoms with Crippen LogP contribution in [0.4, 0.5) is 0 Å². The SMILES string of the molecule is COc1cc(C)c2[nH]c(-c3ccccc3Br)c(CCCCN)c2c1. The third-order valence-electron chi connectivity index (χ3n) is 4.45. The maximum atomic E-state index is 5.69. The molecule has 0 aliphatic rings. The Bertz CT molecular complexity index is 854. The molecule has 3 rings (SSSR count). The zero-order valence-electron chi connectivity index (χ0n) is 14.2. The summed E-state index contributed by atoms with van der Waals surface area (Å²) in [6, 6.07) is 12.6. The maximum Gasteiger partial charge on any atom is 0.119 e. The van der Waals surface area contributed by atoms with Crippen LogP contribution in [0, 0.1) is 6.92 Å². The van der Waals surface area contributed by atoms with E-state index in [9.17, 15) is 0 Å². The van der Waals surface area contributed by atoms with Gasteiger partial charge in [-0.3, -0.25) is 0 Å². The molecule has 24 heavy (non-hydrogen) atoms. The van der Waals surface area contributed by atoms with Crippen molar-refractivity contribution in [1.82, 2.24) is 4.98 Å². The van der Waals surface area contributed by atoms with Gasteiger partial charge in [0.1, 0.15) is 5.75 Å². The van der Waals surface area contributed by atoms with E-state index in [-0.39, 0.29) is 0 Å². The van der Waals surface area contributed by atoms with Gasteiger partial charge in [0.2, 0.25) is 0 Å². The van der Waals surface area contributed by atoms with E-state index in [2.05, 4.69) is 58.2 Å². The first-order valence-corrected chi connectivity index (χ1v) is 9.09. The minimum atomic E-state index is 0.731. The van der Waals surface area contributed by atoms with Crippen LogP contribution in [-0.4, -0.2) is 18.6 Å². The number of nitrogens with one attached hydrogen (secondary N) is 1. The number of unbranched alkanes of at least 4 members (excludes halogenated alkanes) is 1. The van der Waals surface area contributed by atoms with Crippen molar-refractivity contribution >= 4 is 26.8 Å². The number of rotatable bonds is 6. The summed E-state index contributed by atoms with van der Waals surface area (Å²) >= 11 is 3.69. The lowest BCUT2D eigenvalue weighted by molar-refractivity contribution is 0.415. The standard InChI is InChI=1S/C20H23BrN2O/c1-13-11-14(24-2)12-17-15(7-5-6-10-22)20(23-19(13)17)16-8-3-4-9-18(16)21/h3-4,8-9,11-12,23H,5-7,10,22H2,1-2H3. The van der Waals surface area contributed by atoms with Gasteiger partial charge in [0.05, 0.1) is 12.8 Å². The van der Waals surface area contributed by atoms with Crippen LogP contribution >= 0.6 is 15.9 Å². The predicted molar refractivity (Wildman–Crippen MR) is 105 cm³/mol. The topological polar surface area (TPSA) is 51.0 Å². The maximum absolute atomic E-state index is 5.69. The van der Waals surface area contributed by atoms with Crippen molar-refractivity contribution in [2.45, 2.75) is 26.2 Å². The third-order valence-corrected chi connectivity index (χ3v) is 5.14. The summed E-state index contributed by atoms with van der Waals surface area (Å²) in [6.07, 6.45) is 3.11. The van der Waals surface area contributed by atoms with Crippen molar-refractivity contribution in [3.05, 3.63) is 52.0 Å². The van der Waals surface area contributed by atoms with Gasteiger partial charge in [0.15, 0.2) is 0 Å². The van der Waals surface area contributed by atoms with Crippen LogP contribution in [0.15, 0.2) is 40.9 Å². The molecule has 0 unspecified atom stereocenters. The fourth-order valence-corrected chi connectivity index (χ4v) is 3.69. The molecule has 0 atom stereocenters. The van der Waals surface area contributed by atoms with Crippen molar-refractivity contribution in [3.63, 3.8) is 0 Å². The molecular weight excluding hydrogens is 364 g/mol. The first-order chi connectivity index (χ1) is 11.7. The fourth-order valence-electron chi connectivity index (χ4n) is 3.21. The van der Waals surface area contributed by atoms with E-state index < -0.39 is 0 Å². The lowest BCUT2D eigenvalue weighted by Crippen LogP contribution is -1.99. The van der Waals surface area contributed by atoms with Crippen LogP contribution in [0.25, 0.3) is 22.2 Å². The first kappa shape index (κ1) is 17.1. The molecule has 1 heterocycles. The number of aromatic nitrogens is 1. The normalized spacial score (nSPS) is 11.2. The van der Waals surface area contributed by atoms with Crippen molar-refractivity contribution in [3.8, 4) is 17.0 Å². The van der Waals surface area contributed by atoms with Gasteiger partial charge < -0.3 is 15.5 Å². The van der Waals surface area contributed by atoms with E-state index in [0.29, 0.717) is 0 Å². The van der Waals surface area contributed by atoms with Crippen molar-refractivity contribution in [1.29, 1.82) is 0 Å². The number of benzene rings is 2. The van der Waals surface area contributed by atoms with Gasteiger partial charge in [0, 0.05) is 20.9 Å². The molecule has 1 aromatic heterocycles. The van der Waals surface area contributed by atoms with Crippen LogP contribution < -0.4 is 10.5 Å². The molecule has 0 amide bonds. The number of hydrogen-bond donors (Lipinski definition) is 2. The molecule has 0 aliphatic carbocycles. The number of hydrogen-bond acceptors (Lipinski definition) is 2. The minimum absolute atomic E-state index is 0.731. The highest BCUT2D eigenvalue weighted by molar-refractivity contribution is 9.10. The number of H-pyrrole nitrogens is 1. The van der Waals surface area contributed by atoms with Crippen LogP contribution in [0.5, 0.6) is 5.75 Å². The van der Waals surface area contributed by atoms with E-state index in [1.165, 1.54) is 33.3 Å². The monoisotopic (exact) mass is 386 g/mol. The number of aryl methyl sites for hydroxylation is 2. The molecule has 0 spiro atoms. The van der Waals surface area contributed by atoms with E-state index in [1.807, 2.05) is 6.07 Å². The zero-order chi connectivity index (χ0) is 17.1. The van der Waals surface area contributed by atoms with Crippen molar-refractivity contribution < 1.29 is 4.74 Å². The third kappa shape index (κ3) is 3.21. The lowest BCUT2D eigenvalue weighted by atomic mass is 9.99. The summed E-state index contributed by atoms with van der Waals surface area (Å²) in [5.74, 6) is 0.901. The second-order valence-corrected chi connectivity index (χ2v) is 6.93. The molecule has 2 aromatic carbocycles. The van der Waals surface area contributed by atoms with Crippen LogP contribution in [0.3, 0.4) is 0 Å². The van der Waals surface area contributed by atoms with Gasteiger partial charge >= 0.3 is 0 Å². The molecule has 0 saturated carbocycles. The second-order valence-electron chi connectivity index (χ2n) is 6.07. The molecule has 3 aromatic rings. The summed E-state index contributed by atoms with van der Waals surface area (Å²) in [5, 5.41) is 1.25. The van der Waals surface area contributed by atoms with Crippen LogP contribution in [-0.2, 0) is 6.42 Å². The highest BCUT2D eigenvalue weighted by Crippen LogP contribution is 2.37. The number of halogens is 1. The molecule has 3 N–H and O–H groups in total. The summed E-state index contributed by atoms with van der Waals surface area (Å²) in [7, 11) is 1.72.